The molecule has 0 aromatic rings. The van der Waals surface area contributed by atoms with E-state index in [0.717, 1.165) is 32.5 Å². The van der Waals surface area contributed by atoms with E-state index in [1.54, 1.807) is 4.90 Å². The van der Waals surface area contributed by atoms with Gasteiger partial charge in [-0.3, -0.25) is 0 Å². The van der Waals surface area contributed by atoms with Crippen molar-refractivity contribution in [1.29, 1.82) is 0 Å². The maximum absolute atomic E-state index is 10.9. The van der Waals surface area contributed by atoms with Crippen LogP contribution in [0, 0.1) is 5.41 Å². The first kappa shape index (κ1) is 13.3. The van der Waals surface area contributed by atoms with Crippen molar-refractivity contribution in [2.45, 2.75) is 32.7 Å². The van der Waals surface area contributed by atoms with Gasteiger partial charge in [-0.2, -0.15) is 0 Å². The van der Waals surface area contributed by atoms with Crippen LogP contribution < -0.4 is 11.1 Å². The molecule has 16 heavy (non-hydrogen) atoms. The molecule has 0 unspecified atom stereocenters. The minimum Gasteiger partial charge on any atom is -0.396 e. The van der Waals surface area contributed by atoms with Gasteiger partial charge >= 0.3 is 6.03 Å². The standard InChI is InChI=1S/C11H23N3O2/c1-11(2,8-15)7-13-9-3-5-14(6-4-9)10(12)16/h9,13,15H,3-8H2,1-2H3,(H2,12,16). The number of carbonyl (C=O) groups excluding carboxylic acids is 1. The third-order valence-corrected chi connectivity index (χ3v) is 3.10. The molecule has 0 aliphatic carbocycles. The van der Waals surface area contributed by atoms with E-state index in [2.05, 4.69) is 5.32 Å². The minimum atomic E-state index is -0.325. The lowest BCUT2D eigenvalue weighted by Crippen LogP contribution is -2.48. The highest BCUT2D eigenvalue weighted by atomic mass is 16.3. The Morgan fingerprint density at radius 1 is 1.50 bits per heavy atom. The molecule has 1 heterocycles. The van der Waals surface area contributed by atoms with Crippen molar-refractivity contribution in [3.05, 3.63) is 0 Å². The number of nitrogens with zero attached hydrogens (tertiary/aromatic N) is 1. The third kappa shape index (κ3) is 3.98. The highest BCUT2D eigenvalue weighted by Gasteiger charge is 2.23. The molecule has 5 heteroatoms. The van der Waals surface area contributed by atoms with E-state index in [1.165, 1.54) is 0 Å². The van der Waals surface area contributed by atoms with E-state index in [1.807, 2.05) is 13.8 Å². The zero-order valence-corrected chi connectivity index (χ0v) is 10.2. The van der Waals surface area contributed by atoms with Gasteiger partial charge in [0.2, 0.25) is 0 Å². The molecule has 1 aliphatic heterocycles. The summed E-state index contributed by atoms with van der Waals surface area (Å²) in [7, 11) is 0. The largest absolute Gasteiger partial charge is 0.396 e. The average molecular weight is 229 g/mol. The SMILES string of the molecule is CC(C)(CO)CNC1CCN(C(N)=O)CC1. The summed E-state index contributed by atoms with van der Waals surface area (Å²) in [5.74, 6) is 0. The topological polar surface area (TPSA) is 78.6 Å². The van der Waals surface area contributed by atoms with E-state index in [-0.39, 0.29) is 18.1 Å². The quantitative estimate of drug-likeness (QED) is 0.641. The van der Waals surface area contributed by atoms with Crippen molar-refractivity contribution in [1.82, 2.24) is 10.2 Å². The average Bonchev–Trinajstić information content (AvgIpc) is 2.27. The number of aliphatic hydroxyl groups excluding tert-OH is 1. The van der Waals surface area contributed by atoms with Gasteiger partial charge in [0.25, 0.3) is 0 Å². The van der Waals surface area contributed by atoms with E-state index >= 15 is 0 Å². The Morgan fingerprint density at radius 3 is 2.50 bits per heavy atom. The zero-order chi connectivity index (χ0) is 12.2. The number of hydrogen-bond donors (Lipinski definition) is 3. The highest BCUT2D eigenvalue weighted by molar-refractivity contribution is 5.72. The number of carbonyl (C=O) groups is 1. The molecule has 4 N–H and O–H groups in total. The number of nitrogens with two attached hydrogens (primary N) is 1. The third-order valence-electron chi connectivity index (χ3n) is 3.10. The van der Waals surface area contributed by atoms with Gasteiger partial charge in [0, 0.05) is 37.7 Å². The maximum Gasteiger partial charge on any atom is 0.314 e. The van der Waals surface area contributed by atoms with Crippen LogP contribution in [0.15, 0.2) is 0 Å². The Labute approximate surface area is 97.0 Å². The van der Waals surface area contributed by atoms with Crippen LogP contribution in [-0.4, -0.2) is 48.3 Å². The lowest BCUT2D eigenvalue weighted by molar-refractivity contribution is 0.143. The molecule has 2 amide bonds. The number of likely N-dealkylation sites (tertiary alicyclic amines) is 1. The van der Waals surface area contributed by atoms with Crippen LogP contribution in [0.3, 0.4) is 0 Å². The van der Waals surface area contributed by atoms with Crippen LogP contribution in [0.1, 0.15) is 26.7 Å². The molecule has 1 aliphatic rings. The van der Waals surface area contributed by atoms with Crippen LogP contribution in [0.2, 0.25) is 0 Å². The number of primary amides is 1. The van der Waals surface area contributed by atoms with Gasteiger partial charge in [-0.15, -0.1) is 0 Å². The number of hydrogen-bond acceptors (Lipinski definition) is 3. The molecule has 5 nitrogen and oxygen atoms in total. The Morgan fingerprint density at radius 2 is 2.06 bits per heavy atom. The fraction of sp³-hybridized carbons (Fsp3) is 0.909. The number of rotatable bonds is 4. The lowest BCUT2D eigenvalue weighted by Gasteiger charge is -2.33. The first-order chi connectivity index (χ1) is 7.44. The van der Waals surface area contributed by atoms with E-state index < -0.39 is 0 Å². The predicted molar refractivity (Wildman–Crippen MR) is 63.0 cm³/mol. The number of aliphatic hydroxyl groups is 1. The molecular formula is C11H23N3O2. The Hall–Kier alpha value is -0.810. The second-order valence-corrected chi connectivity index (χ2v) is 5.30. The van der Waals surface area contributed by atoms with Gasteiger partial charge in [-0.25, -0.2) is 4.79 Å². The molecule has 0 spiro atoms. The van der Waals surface area contributed by atoms with Crippen molar-refractivity contribution in [3.63, 3.8) is 0 Å². The molecule has 0 aromatic carbocycles. The second-order valence-electron chi connectivity index (χ2n) is 5.30. The Kier molecular flexibility index (Phi) is 4.56. The first-order valence-corrected chi connectivity index (χ1v) is 5.83. The number of nitrogens with one attached hydrogen (secondary N) is 1. The molecule has 1 rings (SSSR count). The van der Waals surface area contributed by atoms with Crippen LogP contribution in [0.25, 0.3) is 0 Å². The maximum atomic E-state index is 10.9. The zero-order valence-electron chi connectivity index (χ0n) is 10.2. The first-order valence-electron chi connectivity index (χ1n) is 5.83. The molecule has 94 valence electrons. The van der Waals surface area contributed by atoms with E-state index in [0.29, 0.717) is 6.04 Å². The van der Waals surface area contributed by atoms with Crippen molar-refractivity contribution in [2.75, 3.05) is 26.2 Å². The fourth-order valence-electron chi connectivity index (χ4n) is 1.78. The molecule has 1 saturated heterocycles. The van der Waals surface area contributed by atoms with Crippen molar-refractivity contribution < 1.29 is 9.90 Å². The van der Waals surface area contributed by atoms with Crippen LogP contribution in [0.4, 0.5) is 4.79 Å². The molecule has 0 aromatic heterocycles. The second kappa shape index (κ2) is 5.50. The van der Waals surface area contributed by atoms with Gasteiger partial charge in [-0.05, 0) is 12.8 Å². The van der Waals surface area contributed by atoms with Crippen LogP contribution >= 0.6 is 0 Å². The Bertz CT molecular complexity index is 235. The molecule has 0 saturated carbocycles. The summed E-state index contributed by atoms with van der Waals surface area (Å²) in [5.41, 5.74) is 5.13. The number of piperidine rings is 1. The molecule has 0 atom stereocenters. The van der Waals surface area contributed by atoms with Crippen molar-refractivity contribution in [3.8, 4) is 0 Å². The molecule has 1 fully saturated rings. The smallest absolute Gasteiger partial charge is 0.314 e. The van der Waals surface area contributed by atoms with Gasteiger partial charge in [0.15, 0.2) is 0 Å². The number of amides is 2. The minimum absolute atomic E-state index is 0.0825. The summed E-state index contributed by atoms with van der Waals surface area (Å²) in [6.07, 6.45) is 1.87. The van der Waals surface area contributed by atoms with Gasteiger partial charge in [0.05, 0.1) is 0 Å². The fourth-order valence-corrected chi connectivity index (χ4v) is 1.78. The van der Waals surface area contributed by atoms with Gasteiger partial charge in [0.1, 0.15) is 0 Å². The van der Waals surface area contributed by atoms with Crippen molar-refractivity contribution >= 4 is 6.03 Å². The molecule has 0 bridgehead atoms. The summed E-state index contributed by atoms with van der Waals surface area (Å²) in [6, 6.07) is 0.107. The van der Waals surface area contributed by atoms with E-state index in [4.69, 9.17) is 10.8 Å². The summed E-state index contributed by atoms with van der Waals surface area (Å²) < 4.78 is 0. The lowest BCUT2D eigenvalue weighted by atomic mass is 9.93. The molecule has 0 radical (unpaired) electrons. The summed E-state index contributed by atoms with van der Waals surface area (Å²) in [4.78, 5) is 12.6. The van der Waals surface area contributed by atoms with Crippen LogP contribution in [-0.2, 0) is 0 Å². The van der Waals surface area contributed by atoms with Crippen molar-refractivity contribution in [2.24, 2.45) is 11.1 Å². The van der Waals surface area contributed by atoms with Gasteiger partial charge in [-0.1, -0.05) is 13.8 Å². The monoisotopic (exact) mass is 229 g/mol. The number of urea groups is 1. The van der Waals surface area contributed by atoms with E-state index in [9.17, 15) is 4.79 Å². The highest BCUT2D eigenvalue weighted by Crippen LogP contribution is 2.15. The molecular weight excluding hydrogens is 206 g/mol. The van der Waals surface area contributed by atoms with Crippen LogP contribution in [0.5, 0.6) is 0 Å². The summed E-state index contributed by atoms with van der Waals surface area (Å²) >= 11 is 0. The normalized spacial score (nSPS) is 18.8. The Balaban J connectivity index is 2.25. The van der Waals surface area contributed by atoms with Gasteiger partial charge < -0.3 is 21.1 Å². The summed E-state index contributed by atoms with van der Waals surface area (Å²) in [5, 5.41) is 12.6. The predicted octanol–water partition coefficient (Wildman–Crippen LogP) is 0.138. The summed E-state index contributed by atoms with van der Waals surface area (Å²) in [6.45, 7) is 6.49.